The van der Waals surface area contributed by atoms with Crippen LogP contribution >= 0.6 is 0 Å². The van der Waals surface area contributed by atoms with Crippen molar-refractivity contribution in [1.82, 2.24) is 0 Å². The normalized spacial score (nSPS) is 25.3. The Morgan fingerprint density at radius 3 is 2.21 bits per heavy atom. The molecule has 4 atom stereocenters. The molecule has 0 aromatic heterocycles. The maximum absolute atomic E-state index is 12.9. The van der Waals surface area contributed by atoms with Crippen LogP contribution in [0.2, 0.25) is 0 Å². The Bertz CT molecular complexity index is 1160. The number of hydrogen-bond donors (Lipinski definition) is 0. The van der Waals surface area contributed by atoms with E-state index in [2.05, 4.69) is 0 Å². The van der Waals surface area contributed by atoms with Crippen molar-refractivity contribution in [2.45, 2.75) is 19.3 Å². The summed E-state index contributed by atoms with van der Waals surface area (Å²) in [7, 11) is 0. The first-order chi connectivity index (χ1) is 15.8. The van der Waals surface area contributed by atoms with Gasteiger partial charge in [0.1, 0.15) is 0 Å². The van der Waals surface area contributed by atoms with Gasteiger partial charge in [-0.1, -0.05) is 12.1 Å². The minimum absolute atomic E-state index is 0.0675. The second kappa shape index (κ2) is 7.91. The van der Waals surface area contributed by atoms with Gasteiger partial charge in [0.05, 0.1) is 28.0 Å². The summed E-state index contributed by atoms with van der Waals surface area (Å²) >= 11 is 0. The van der Waals surface area contributed by atoms with E-state index in [0.29, 0.717) is 17.5 Å². The molecule has 2 aromatic rings. The van der Waals surface area contributed by atoms with Crippen molar-refractivity contribution >= 4 is 34.9 Å². The first-order valence-electron chi connectivity index (χ1n) is 10.8. The number of Topliss-reactive ketones (excluding diaryl/α,β-unsaturated/α-hetero) is 1. The minimum Gasteiger partial charge on any atom is -0.454 e. The molecule has 3 aliphatic rings. The number of carbonyl (C=O) groups excluding carboxylic acids is 4. The molecule has 2 saturated carbocycles. The zero-order valence-electron chi connectivity index (χ0n) is 17.5. The van der Waals surface area contributed by atoms with Crippen molar-refractivity contribution in [1.29, 1.82) is 0 Å². The number of non-ortho nitro benzene ring substituents is 1. The molecule has 4 unspecified atom stereocenters. The molecule has 9 heteroatoms. The predicted molar refractivity (Wildman–Crippen MR) is 114 cm³/mol. The molecule has 1 saturated heterocycles. The highest BCUT2D eigenvalue weighted by Crippen LogP contribution is 2.56. The summed E-state index contributed by atoms with van der Waals surface area (Å²) in [6.45, 7) is -0.572. The topological polar surface area (TPSA) is 124 Å². The van der Waals surface area contributed by atoms with Gasteiger partial charge >= 0.3 is 5.97 Å². The van der Waals surface area contributed by atoms with Crippen molar-refractivity contribution in [3.63, 3.8) is 0 Å². The molecular weight excluding hydrogens is 428 g/mol. The Labute approximate surface area is 188 Å². The summed E-state index contributed by atoms with van der Waals surface area (Å²) in [5.41, 5.74) is 0.414. The summed E-state index contributed by atoms with van der Waals surface area (Å²) in [6.07, 6.45) is 2.96. The predicted octanol–water partition coefficient (Wildman–Crippen LogP) is 3.17. The number of carbonyl (C=O) groups is 4. The van der Waals surface area contributed by atoms with Crippen LogP contribution in [-0.2, 0) is 14.3 Å². The SMILES string of the molecule is O=C(COC(=O)c1ccc(N2C(=O)C3C4CCC(C4)C3C2=O)cc1)c1cccc([N+](=O)[O-])c1. The summed E-state index contributed by atoms with van der Waals surface area (Å²) in [5.74, 6) is -1.50. The van der Waals surface area contributed by atoms with E-state index < -0.39 is 23.3 Å². The number of amides is 2. The van der Waals surface area contributed by atoms with E-state index in [-0.39, 0.29) is 40.5 Å². The van der Waals surface area contributed by atoms with Crippen LogP contribution in [0.15, 0.2) is 48.5 Å². The van der Waals surface area contributed by atoms with Crippen molar-refractivity contribution < 1.29 is 28.8 Å². The third kappa shape index (κ3) is 3.49. The summed E-state index contributed by atoms with van der Waals surface area (Å²) in [5, 5.41) is 10.8. The third-order valence-electron chi connectivity index (χ3n) is 7.00. The number of benzene rings is 2. The number of nitro benzene ring substituents is 1. The zero-order valence-corrected chi connectivity index (χ0v) is 17.5. The fourth-order valence-electron chi connectivity index (χ4n) is 5.50. The van der Waals surface area contributed by atoms with E-state index >= 15 is 0 Å². The Kier molecular flexibility index (Phi) is 5.03. The summed E-state index contributed by atoms with van der Waals surface area (Å²) in [6, 6.07) is 11.1. The van der Waals surface area contributed by atoms with Crippen LogP contribution in [0.5, 0.6) is 0 Å². The molecule has 1 aliphatic heterocycles. The van der Waals surface area contributed by atoms with Gasteiger partial charge in [0.25, 0.3) is 5.69 Å². The van der Waals surface area contributed by atoms with Crippen LogP contribution in [0, 0.1) is 33.8 Å². The Hall–Kier alpha value is -3.88. The molecule has 0 radical (unpaired) electrons. The maximum atomic E-state index is 12.9. The number of rotatable bonds is 6. The Morgan fingerprint density at radius 1 is 0.970 bits per heavy atom. The molecular formula is C24H20N2O7. The van der Waals surface area contributed by atoms with Gasteiger partial charge in [-0.05, 0) is 55.4 Å². The summed E-state index contributed by atoms with van der Waals surface area (Å²) < 4.78 is 5.04. The van der Waals surface area contributed by atoms with Gasteiger partial charge in [-0.15, -0.1) is 0 Å². The average molecular weight is 448 g/mol. The zero-order chi connectivity index (χ0) is 23.3. The Balaban J connectivity index is 1.24. The highest BCUT2D eigenvalue weighted by molar-refractivity contribution is 6.22. The second-order valence-corrected chi connectivity index (χ2v) is 8.75. The van der Waals surface area contributed by atoms with Crippen molar-refractivity contribution in [2.75, 3.05) is 11.5 Å². The van der Waals surface area contributed by atoms with E-state index in [1.807, 2.05) is 0 Å². The maximum Gasteiger partial charge on any atom is 0.338 e. The lowest BCUT2D eigenvalue weighted by Crippen LogP contribution is -2.32. The number of imide groups is 1. The smallest absolute Gasteiger partial charge is 0.338 e. The molecule has 2 aliphatic carbocycles. The molecule has 9 nitrogen and oxygen atoms in total. The number of anilines is 1. The molecule has 0 N–H and O–H groups in total. The van der Waals surface area contributed by atoms with Crippen LogP contribution in [0.3, 0.4) is 0 Å². The van der Waals surface area contributed by atoms with Gasteiger partial charge in [-0.3, -0.25) is 29.4 Å². The monoisotopic (exact) mass is 448 g/mol. The first kappa shape index (κ1) is 21.0. The number of hydrogen-bond acceptors (Lipinski definition) is 7. The molecule has 1 heterocycles. The van der Waals surface area contributed by atoms with Crippen LogP contribution in [-0.4, -0.2) is 35.1 Å². The quantitative estimate of drug-likeness (QED) is 0.219. The van der Waals surface area contributed by atoms with E-state index in [4.69, 9.17) is 4.74 Å². The number of fused-ring (bicyclic) bond motifs is 5. The fourth-order valence-corrected chi connectivity index (χ4v) is 5.50. The highest BCUT2D eigenvalue weighted by Gasteiger charge is 2.61. The average Bonchev–Trinajstić information content (AvgIpc) is 3.51. The molecule has 0 spiro atoms. The molecule has 2 bridgehead atoms. The lowest BCUT2D eigenvalue weighted by Gasteiger charge is -2.19. The lowest BCUT2D eigenvalue weighted by molar-refractivity contribution is -0.384. The van der Waals surface area contributed by atoms with Gasteiger partial charge in [-0.2, -0.15) is 0 Å². The number of nitrogens with zero attached hydrogens (tertiary/aromatic N) is 2. The number of esters is 1. The van der Waals surface area contributed by atoms with Gasteiger partial charge in [0.15, 0.2) is 6.61 Å². The lowest BCUT2D eigenvalue weighted by atomic mass is 9.81. The third-order valence-corrected chi connectivity index (χ3v) is 7.00. The van der Waals surface area contributed by atoms with Crippen LogP contribution < -0.4 is 4.90 Å². The molecule has 33 heavy (non-hydrogen) atoms. The Morgan fingerprint density at radius 2 is 1.61 bits per heavy atom. The number of ketones is 1. The van der Waals surface area contributed by atoms with Gasteiger partial charge in [0, 0.05) is 17.7 Å². The van der Waals surface area contributed by atoms with Crippen molar-refractivity contribution in [3.8, 4) is 0 Å². The van der Waals surface area contributed by atoms with Crippen molar-refractivity contribution in [2.24, 2.45) is 23.7 Å². The molecule has 168 valence electrons. The standard InChI is InChI=1S/C24H20N2O7/c27-19(14-2-1-3-18(11-14)26(31)32)12-33-24(30)13-6-8-17(9-7-13)25-22(28)20-15-4-5-16(10-15)21(20)23(25)29/h1-3,6-9,11,15-16,20-21H,4-5,10,12H2. The van der Waals surface area contributed by atoms with Crippen molar-refractivity contribution in [3.05, 3.63) is 69.8 Å². The second-order valence-electron chi connectivity index (χ2n) is 8.75. The first-order valence-corrected chi connectivity index (χ1v) is 10.8. The molecule has 2 aromatic carbocycles. The van der Waals surface area contributed by atoms with Gasteiger partial charge in [0.2, 0.25) is 17.6 Å². The number of ether oxygens (including phenoxy) is 1. The van der Waals surface area contributed by atoms with Gasteiger partial charge in [-0.25, -0.2) is 4.79 Å². The molecule has 5 rings (SSSR count). The summed E-state index contributed by atoms with van der Waals surface area (Å²) in [4.78, 5) is 61.9. The van der Waals surface area contributed by atoms with E-state index in [0.717, 1.165) is 25.3 Å². The fraction of sp³-hybridized carbons (Fsp3) is 0.333. The minimum atomic E-state index is -0.755. The highest BCUT2D eigenvalue weighted by atomic mass is 16.6. The molecule has 3 fully saturated rings. The van der Waals surface area contributed by atoms with E-state index in [9.17, 15) is 29.3 Å². The van der Waals surface area contributed by atoms with E-state index in [1.165, 1.54) is 47.4 Å². The number of nitro groups is 1. The van der Waals surface area contributed by atoms with Crippen LogP contribution in [0.1, 0.15) is 40.0 Å². The van der Waals surface area contributed by atoms with Gasteiger partial charge < -0.3 is 4.74 Å². The largest absolute Gasteiger partial charge is 0.454 e. The van der Waals surface area contributed by atoms with E-state index in [1.54, 1.807) is 0 Å². The molecule has 2 amide bonds. The van der Waals surface area contributed by atoms with Crippen LogP contribution in [0.25, 0.3) is 0 Å². The van der Waals surface area contributed by atoms with Crippen LogP contribution in [0.4, 0.5) is 11.4 Å².